The average Bonchev–Trinajstić information content (AvgIpc) is 2.38. The summed E-state index contributed by atoms with van der Waals surface area (Å²) in [6.07, 6.45) is 4.71. The van der Waals surface area contributed by atoms with Gasteiger partial charge in [0.05, 0.1) is 0 Å². The number of benzene rings is 1. The number of unbranched alkanes of at least 4 members (excludes halogenated alkanes) is 2. The molecule has 1 atom stereocenters. The van der Waals surface area contributed by atoms with Gasteiger partial charge in [0.2, 0.25) is 0 Å². The molecule has 18 heavy (non-hydrogen) atoms. The van der Waals surface area contributed by atoms with E-state index in [1.807, 2.05) is 6.07 Å². The summed E-state index contributed by atoms with van der Waals surface area (Å²) in [4.78, 5) is 2.21. The molecule has 0 fully saturated rings. The lowest BCUT2D eigenvalue weighted by atomic mass is 10.1. The van der Waals surface area contributed by atoms with E-state index in [0.717, 1.165) is 18.7 Å². The Morgan fingerprint density at radius 1 is 1.28 bits per heavy atom. The van der Waals surface area contributed by atoms with Crippen LogP contribution < -0.4 is 10.6 Å². The van der Waals surface area contributed by atoms with Crippen LogP contribution in [0.2, 0.25) is 0 Å². The van der Waals surface area contributed by atoms with Crippen molar-refractivity contribution in [2.75, 3.05) is 18.0 Å². The van der Waals surface area contributed by atoms with Crippen LogP contribution in [0.4, 0.5) is 10.1 Å². The summed E-state index contributed by atoms with van der Waals surface area (Å²) in [6, 6.07) is 7.09. The first kappa shape index (κ1) is 15.0. The normalized spacial score (nSPS) is 12.4. The SMILES string of the molecule is CCCCCC(CN)N(CC)c1cccc(F)c1. The zero-order chi connectivity index (χ0) is 13.4. The van der Waals surface area contributed by atoms with Gasteiger partial charge in [0.15, 0.2) is 0 Å². The number of nitrogens with two attached hydrogens (primary N) is 1. The third-order valence-corrected chi connectivity index (χ3v) is 3.33. The van der Waals surface area contributed by atoms with Crippen molar-refractivity contribution in [3.63, 3.8) is 0 Å². The molecule has 1 aromatic carbocycles. The Labute approximate surface area is 110 Å². The van der Waals surface area contributed by atoms with E-state index in [2.05, 4.69) is 18.7 Å². The number of hydrogen-bond donors (Lipinski definition) is 1. The van der Waals surface area contributed by atoms with Crippen molar-refractivity contribution in [2.24, 2.45) is 5.73 Å². The number of halogens is 1. The van der Waals surface area contributed by atoms with Gasteiger partial charge >= 0.3 is 0 Å². The Morgan fingerprint density at radius 3 is 2.61 bits per heavy atom. The summed E-state index contributed by atoms with van der Waals surface area (Å²) in [5, 5.41) is 0. The van der Waals surface area contributed by atoms with Gasteiger partial charge in [0.1, 0.15) is 5.82 Å². The van der Waals surface area contributed by atoms with Crippen LogP contribution >= 0.6 is 0 Å². The van der Waals surface area contributed by atoms with Crippen LogP contribution in [-0.2, 0) is 0 Å². The van der Waals surface area contributed by atoms with Crippen molar-refractivity contribution in [1.29, 1.82) is 0 Å². The Morgan fingerprint density at radius 2 is 2.06 bits per heavy atom. The summed E-state index contributed by atoms with van der Waals surface area (Å²) in [6.45, 7) is 5.76. The van der Waals surface area contributed by atoms with Crippen LogP contribution in [0.25, 0.3) is 0 Å². The fraction of sp³-hybridized carbons (Fsp3) is 0.600. The largest absolute Gasteiger partial charge is 0.367 e. The fourth-order valence-electron chi connectivity index (χ4n) is 2.34. The standard InChI is InChI=1S/C15H25FN2/c1-3-5-6-9-15(12-17)18(4-2)14-10-7-8-13(16)11-14/h7-8,10-11,15H,3-6,9,12,17H2,1-2H3. The van der Waals surface area contributed by atoms with E-state index in [-0.39, 0.29) is 5.82 Å². The van der Waals surface area contributed by atoms with Crippen LogP contribution in [0, 0.1) is 5.82 Å². The molecule has 0 radical (unpaired) electrons. The molecule has 0 aliphatic heterocycles. The molecule has 1 unspecified atom stereocenters. The molecule has 0 heterocycles. The molecular formula is C15H25FN2. The van der Waals surface area contributed by atoms with E-state index in [4.69, 9.17) is 5.73 Å². The summed E-state index contributed by atoms with van der Waals surface area (Å²) in [5.74, 6) is -0.185. The minimum atomic E-state index is -0.185. The van der Waals surface area contributed by atoms with Gasteiger partial charge in [0.25, 0.3) is 0 Å². The van der Waals surface area contributed by atoms with Crippen molar-refractivity contribution < 1.29 is 4.39 Å². The molecule has 0 saturated heterocycles. The molecule has 0 aromatic heterocycles. The van der Waals surface area contributed by atoms with E-state index in [9.17, 15) is 4.39 Å². The topological polar surface area (TPSA) is 29.3 Å². The second-order valence-corrected chi connectivity index (χ2v) is 4.65. The smallest absolute Gasteiger partial charge is 0.125 e. The molecule has 1 aromatic rings. The van der Waals surface area contributed by atoms with Crippen LogP contribution in [0.3, 0.4) is 0 Å². The van der Waals surface area contributed by atoms with Crippen molar-refractivity contribution in [3.05, 3.63) is 30.1 Å². The van der Waals surface area contributed by atoms with E-state index < -0.39 is 0 Å². The summed E-state index contributed by atoms with van der Waals surface area (Å²) in [5.41, 5.74) is 6.81. The van der Waals surface area contributed by atoms with Gasteiger partial charge < -0.3 is 10.6 Å². The molecule has 3 heteroatoms. The zero-order valence-electron chi connectivity index (χ0n) is 11.5. The predicted molar refractivity (Wildman–Crippen MR) is 76.4 cm³/mol. The lowest BCUT2D eigenvalue weighted by Crippen LogP contribution is -2.40. The van der Waals surface area contributed by atoms with E-state index in [1.165, 1.54) is 25.3 Å². The molecule has 0 saturated carbocycles. The van der Waals surface area contributed by atoms with Gasteiger partial charge in [-0.05, 0) is 31.5 Å². The third-order valence-electron chi connectivity index (χ3n) is 3.33. The Hall–Kier alpha value is -1.09. The first-order valence-electron chi connectivity index (χ1n) is 6.95. The van der Waals surface area contributed by atoms with E-state index in [0.29, 0.717) is 12.6 Å². The van der Waals surface area contributed by atoms with Crippen molar-refractivity contribution in [1.82, 2.24) is 0 Å². The molecule has 1 rings (SSSR count). The molecule has 0 spiro atoms. The van der Waals surface area contributed by atoms with E-state index >= 15 is 0 Å². The summed E-state index contributed by atoms with van der Waals surface area (Å²) >= 11 is 0. The monoisotopic (exact) mass is 252 g/mol. The van der Waals surface area contributed by atoms with Gasteiger partial charge in [-0.15, -0.1) is 0 Å². The van der Waals surface area contributed by atoms with Gasteiger partial charge in [-0.25, -0.2) is 4.39 Å². The second-order valence-electron chi connectivity index (χ2n) is 4.65. The predicted octanol–water partition coefficient (Wildman–Crippen LogP) is 3.56. The number of rotatable bonds is 8. The third kappa shape index (κ3) is 4.30. The Kier molecular flexibility index (Phi) is 6.73. The van der Waals surface area contributed by atoms with Crippen molar-refractivity contribution in [2.45, 2.75) is 45.6 Å². The van der Waals surface area contributed by atoms with Crippen LogP contribution in [-0.4, -0.2) is 19.1 Å². The zero-order valence-corrected chi connectivity index (χ0v) is 11.5. The number of nitrogens with zero attached hydrogens (tertiary/aromatic N) is 1. The van der Waals surface area contributed by atoms with Crippen molar-refractivity contribution >= 4 is 5.69 Å². The highest BCUT2D eigenvalue weighted by Crippen LogP contribution is 2.20. The number of likely N-dealkylation sites (N-methyl/N-ethyl adjacent to an activating group) is 1. The second kappa shape index (κ2) is 8.09. The minimum Gasteiger partial charge on any atom is -0.367 e. The lowest BCUT2D eigenvalue weighted by Gasteiger charge is -2.32. The van der Waals surface area contributed by atoms with Crippen LogP contribution in [0.1, 0.15) is 39.5 Å². The lowest BCUT2D eigenvalue weighted by molar-refractivity contribution is 0.527. The molecule has 0 aliphatic carbocycles. The summed E-state index contributed by atoms with van der Waals surface area (Å²) in [7, 11) is 0. The van der Waals surface area contributed by atoms with Gasteiger partial charge in [-0.1, -0.05) is 32.3 Å². The molecule has 0 aliphatic rings. The number of anilines is 1. The number of hydrogen-bond acceptors (Lipinski definition) is 2. The highest BCUT2D eigenvalue weighted by Gasteiger charge is 2.16. The minimum absolute atomic E-state index is 0.185. The molecule has 102 valence electrons. The molecular weight excluding hydrogens is 227 g/mol. The Balaban J connectivity index is 2.73. The fourth-order valence-corrected chi connectivity index (χ4v) is 2.34. The Bertz CT molecular complexity index is 341. The highest BCUT2D eigenvalue weighted by molar-refractivity contribution is 5.47. The highest BCUT2D eigenvalue weighted by atomic mass is 19.1. The maximum Gasteiger partial charge on any atom is 0.125 e. The molecule has 2 nitrogen and oxygen atoms in total. The maximum absolute atomic E-state index is 13.3. The first-order chi connectivity index (χ1) is 8.72. The van der Waals surface area contributed by atoms with Gasteiger partial charge in [-0.3, -0.25) is 0 Å². The van der Waals surface area contributed by atoms with Crippen LogP contribution in [0.5, 0.6) is 0 Å². The van der Waals surface area contributed by atoms with Crippen molar-refractivity contribution in [3.8, 4) is 0 Å². The van der Waals surface area contributed by atoms with Crippen LogP contribution in [0.15, 0.2) is 24.3 Å². The average molecular weight is 252 g/mol. The maximum atomic E-state index is 13.3. The molecule has 0 bridgehead atoms. The quantitative estimate of drug-likeness (QED) is 0.717. The molecule has 0 amide bonds. The van der Waals surface area contributed by atoms with Gasteiger partial charge in [-0.2, -0.15) is 0 Å². The molecule has 2 N–H and O–H groups in total. The van der Waals surface area contributed by atoms with E-state index in [1.54, 1.807) is 12.1 Å². The first-order valence-corrected chi connectivity index (χ1v) is 6.95. The summed E-state index contributed by atoms with van der Waals surface area (Å²) < 4.78 is 13.3. The van der Waals surface area contributed by atoms with Gasteiger partial charge in [0, 0.05) is 24.8 Å².